The van der Waals surface area contributed by atoms with Crippen LogP contribution in [0.25, 0.3) is 11.0 Å². The average Bonchev–Trinajstić information content (AvgIpc) is 3.16. The van der Waals surface area contributed by atoms with Crippen LogP contribution in [0.5, 0.6) is 0 Å². The van der Waals surface area contributed by atoms with E-state index in [4.69, 9.17) is 9.72 Å². The van der Waals surface area contributed by atoms with E-state index < -0.39 is 0 Å². The summed E-state index contributed by atoms with van der Waals surface area (Å²) in [6.07, 6.45) is 3.75. The normalized spacial score (nSPS) is 26.8. The molecular formula is C18H25N3O. The lowest BCUT2D eigenvalue weighted by Crippen LogP contribution is -2.38. The average molecular weight is 299 g/mol. The Morgan fingerprint density at radius 1 is 1.36 bits per heavy atom. The zero-order chi connectivity index (χ0) is 14.9. The minimum Gasteiger partial charge on any atom is -0.381 e. The molecule has 4 heteroatoms. The summed E-state index contributed by atoms with van der Waals surface area (Å²) < 4.78 is 5.52. The lowest BCUT2D eigenvalue weighted by atomic mass is 9.96. The summed E-state index contributed by atoms with van der Waals surface area (Å²) in [6.45, 7) is 7.58. The van der Waals surface area contributed by atoms with E-state index >= 15 is 0 Å². The monoisotopic (exact) mass is 299 g/mol. The van der Waals surface area contributed by atoms with Gasteiger partial charge in [0.1, 0.15) is 5.82 Å². The number of benzene rings is 1. The van der Waals surface area contributed by atoms with E-state index in [0.29, 0.717) is 5.92 Å². The Morgan fingerprint density at radius 2 is 2.32 bits per heavy atom. The maximum atomic E-state index is 5.52. The SMILES string of the molecule is Cc1ccc2nc([C@H]3CCCN(C[C@@H]4CCOC4)C3)[nH]c2c1. The van der Waals surface area contributed by atoms with E-state index in [-0.39, 0.29) is 0 Å². The Balaban J connectivity index is 1.48. The second kappa shape index (κ2) is 6.01. The molecular weight excluding hydrogens is 274 g/mol. The summed E-state index contributed by atoms with van der Waals surface area (Å²) in [7, 11) is 0. The van der Waals surface area contributed by atoms with Crippen LogP contribution >= 0.6 is 0 Å². The smallest absolute Gasteiger partial charge is 0.111 e. The van der Waals surface area contributed by atoms with Gasteiger partial charge < -0.3 is 14.6 Å². The molecule has 0 bridgehead atoms. The van der Waals surface area contributed by atoms with Crippen molar-refractivity contribution in [1.29, 1.82) is 0 Å². The molecule has 0 unspecified atom stereocenters. The fraction of sp³-hybridized carbons (Fsp3) is 0.611. The second-order valence-corrected chi connectivity index (χ2v) is 6.97. The van der Waals surface area contributed by atoms with Gasteiger partial charge in [-0.25, -0.2) is 4.98 Å². The highest BCUT2D eigenvalue weighted by Crippen LogP contribution is 2.28. The molecule has 1 aromatic heterocycles. The van der Waals surface area contributed by atoms with Crippen molar-refractivity contribution in [3.05, 3.63) is 29.6 Å². The molecule has 2 saturated heterocycles. The maximum absolute atomic E-state index is 5.52. The van der Waals surface area contributed by atoms with Crippen LogP contribution in [0.1, 0.15) is 36.6 Å². The first-order valence-corrected chi connectivity index (χ1v) is 8.54. The zero-order valence-electron chi connectivity index (χ0n) is 13.3. The van der Waals surface area contributed by atoms with E-state index in [0.717, 1.165) is 31.2 Å². The van der Waals surface area contributed by atoms with E-state index in [1.54, 1.807) is 0 Å². The third-order valence-electron chi connectivity index (χ3n) is 5.09. The topological polar surface area (TPSA) is 41.2 Å². The summed E-state index contributed by atoms with van der Waals surface area (Å²) in [5.41, 5.74) is 3.56. The van der Waals surface area contributed by atoms with E-state index in [1.165, 1.54) is 49.3 Å². The number of aromatic amines is 1. The number of aromatic nitrogens is 2. The molecule has 1 N–H and O–H groups in total. The molecule has 2 aliphatic heterocycles. The van der Waals surface area contributed by atoms with Crippen LogP contribution in [0.4, 0.5) is 0 Å². The van der Waals surface area contributed by atoms with Crippen molar-refractivity contribution in [3.8, 4) is 0 Å². The molecule has 2 aromatic rings. The van der Waals surface area contributed by atoms with Crippen molar-refractivity contribution in [2.24, 2.45) is 5.92 Å². The first-order chi connectivity index (χ1) is 10.8. The minimum atomic E-state index is 0.545. The number of nitrogens with zero attached hydrogens (tertiary/aromatic N) is 2. The zero-order valence-corrected chi connectivity index (χ0v) is 13.3. The van der Waals surface area contributed by atoms with Crippen LogP contribution in [0.2, 0.25) is 0 Å². The number of imidazole rings is 1. The Labute approximate surface area is 131 Å². The fourth-order valence-corrected chi connectivity index (χ4v) is 3.87. The largest absolute Gasteiger partial charge is 0.381 e. The van der Waals surface area contributed by atoms with Crippen LogP contribution < -0.4 is 0 Å². The summed E-state index contributed by atoms with van der Waals surface area (Å²) in [5, 5.41) is 0. The standard InChI is InChI=1S/C18H25N3O/c1-13-4-5-16-17(9-13)20-18(19-16)15-3-2-7-21(11-15)10-14-6-8-22-12-14/h4-5,9,14-15H,2-3,6-8,10-12H2,1H3,(H,19,20)/t14-,15-/m0/s1. The van der Waals surface area contributed by atoms with Gasteiger partial charge in [0.15, 0.2) is 0 Å². The Bertz CT molecular complexity index is 645. The van der Waals surface area contributed by atoms with Crippen LogP contribution in [0.3, 0.4) is 0 Å². The fourth-order valence-electron chi connectivity index (χ4n) is 3.87. The van der Waals surface area contributed by atoms with Gasteiger partial charge >= 0.3 is 0 Å². The molecule has 0 spiro atoms. The number of likely N-dealkylation sites (tertiary alicyclic amines) is 1. The van der Waals surface area contributed by atoms with E-state index in [9.17, 15) is 0 Å². The molecule has 0 aliphatic carbocycles. The first kappa shape index (κ1) is 14.2. The third-order valence-corrected chi connectivity index (χ3v) is 5.09. The van der Waals surface area contributed by atoms with Gasteiger partial charge in [-0.3, -0.25) is 0 Å². The predicted octanol–water partition coefficient (Wildman–Crippen LogP) is 3.09. The van der Waals surface area contributed by atoms with Gasteiger partial charge in [0.25, 0.3) is 0 Å². The number of piperidine rings is 1. The van der Waals surface area contributed by atoms with Crippen LogP contribution in [-0.4, -0.2) is 47.7 Å². The highest BCUT2D eigenvalue weighted by Gasteiger charge is 2.26. The molecule has 0 radical (unpaired) electrons. The van der Waals surface area contributed by atoms with Crippen molar-refractivity contribution in [2.45, 2.75) is 32.1 Å². The molecule has 4 nitrogen and oxygen atoms in total. The molecule has 2 fully saturated rings. The molecule has 22 heavy (non-hydrogen) atoms. The van der Waals surface area contributed by atoms with Crippen LogP contribution in [-0.2, 0) is 4.74 Å². The number of H-pyrrole nitrogens is 1. The lowest BCUT2D eigenvalue weighted by Gasteiger charge is -2.33. The van der Waals surface area contributed by atoms with Gasteiger partial charge in [-0.2, -0.15) is 0 Å². The molecule has 0 amide bonds. The quantitative estimate of drug-likeness (QED) is 0.947. The molecule has 4 rings (SSSR count). The second-order valence-electron chi connectivity index (χ2n) is 6.97. The van der Waals surface area contributed by atoms with Gasteiger partial charge in [-0.15, -0.1) is 0 Å². The Morgan fingerprint density at radius 3 is 3.18 bits per heavy atom. The molecule has 118 valence electrons. The number of nitrogens with one attached hydrogen (secondary N) is 1. The maximum Gasteiger partial charge on any atom is 0.111 e. The molecule has 2 atom stereocenters. The van der Waals surface area contributed by atoms with Gasteiger partial charge in [0.2, 0.25) is 0 Å². The predicted molar refractivity (Wildman–Crippen MR) is 88.2 cm³/mol. The number of fused-ring (bicyclic) bond motifs is 1. The van der Waals surface area contributed by atoms with Crippen molar-refractivity contribution >= 4 is 11.0 Å². The number of ether oxygens (including phenoxy) is 1. The summed E-state index contributed by atoms with van der Waals surface area (Å²) in [5.74, 6) is 2.45. The Hall–Kier alpha value is -1.39. The molecule has 3 heterocycles. The summed E-state index contributed by atoms with van der Waals surface area (Å²) in [6, 6.07) is 6.46. The van der Waals surface area contributed by atoms with Gasteiger partial charge in [-0.1, -0.05) is 6.07 Å². The van der Waals surface area contributed by atoms with Crippen LogP contribution in [0, 0.1) is 12.8 Å². The van der Waals surface area contributed by atoms with Crippen molar-refractivity contribution in [2.75, 3.05) is 32.8 Å². The highest BCUT2D eigenvalue weighted by molar-refractivity contribution is 5.75. The van der Waals surface area contributed by atoms with Crippen molar-refractivity contribution < 1.29 is 4.74 Å². The summed E-state index contributed by atoms with van der Waals surface area (Å²) in [4.78, 5) is 11.0. The van der Waals surface area contributed by atoms with Gasteiger partial charge in [-0.05, 0) is 56.3 Å². The lowest BCUT2D eigenvalue weighted by molar-refractivity contribution is 0.149. The molecule has 0 saturated carbocycles. The Kier molecular flexibility index (Phi) is 3.89. The number of hydrogen-bond acceptors (Lipinski definition) is 3. The van der Waals surface area contributed by atoms with Gasteiger partial charge in [0.05, 0.1) is 17.6 Å². The van der Waals surface area contributed by atoms with E-state index in [1.807, 2.05) is 0 Å². The minimum absolute atomic E-state index is 0.545. The number of hydrogen-bond donors (Lipinski definition) is 1. The van der Waals surface area contributed by atoms with Crippen molar-refractivity contribution in [3.63, 3.8) is 0 Å². The molecule has 1 aromatic carbocycles. The van der Waals surface area contributed by atoms with E-state index in [2.05, 4.69) is 35.0 Å². The summed E-state index contributed by atoms with van der Waals surface area (Å²) >= 11 is 0. The van der Waals surface area contributed by atoms with Crippen molar-refractivity contribution in [1.82, 2.24) is 14.9 Å². The highest BCUT2D eigenvalue weighted by atomic mass is 16.5. The molecule has 2 aliphatic rings. The number of aryl methyl sites for hydroxylation is 1. The van der Waals surface area contributed by atoms with Crippen LogP contribution in [0.15, 0.2) is 18.2 Å². The third kappa shape index (κ3) is 2.90. The van der Waals surface area contributed by atoms with Gasteiger partial charge in [0, 0.05) is 25.6 Å². The number of rotatable bonds is 3. The first-order valence-electron chi connectivity index (χ1n) is 8.54.